The molecule has 132 valence electrons. The largest absolute Gasteiger partial charge is 0.308 e. The first-order valence-electron chi connectivity index (χ1n) is 7.59. The molecule has 8 heteroatoms. The van der Waals surface area contributed by atoms with Crippen molar-refractivity contribution in [1.29, 1.82) is 0 Å². The Morgan fingerprint density at radius 2 is 2.04 bits per heavy atom. The van der Waals surface area contributed by atoms with E-state index in [1.54, 1.807) is 0 Å². The predicted molar refractivity (Wildman–Crippen MR) is 97.7 cm³/mol. The van der Waals surface area contributed by atoms with Gasteiger partial charge in [-0.3, -0.25) is 9.52 Å². The minimum Gasteiger partial charge on any atom is -0.308 e. The van der Waals surface area contributed by atoms with Gasteiger partial charge in [0.15, 0.2) is 0 Å². The van der Waals surface area contributed by atoms with Crippen molar-refractivity contribution in [1.82, 2.24) is 0 Å². The molecule has 0 fully saturated rings. The molecule has 1 aliphatic heterocycles. The third kappa shape index (κ3) is 3.41. The van der Waals surface area contributed by atoms with Gasteiger partial charge in [-0.05, 0) is 49.2 Å². The molecule has 0 aliphatic carbocycles. The van der Waals surface area contributed by atoms with E-state index in [0.29, 0.717) is 16.6 Å². The van der Waals surface area contributed by atoms with E-state index in [1.165, 1.54) is 36.1 Å². The first-order valence-corrected chi connectivity index (χ1v) is 9.87. The van der Waals surface area contributed by atoms with Gasteiger partial charge in [0.25, 0.3) is 10.0 Å². The predicted octanol–water partition coefficient (Wildman–Crippen LogP) is 3.69. The molecule has 2 aromatic carbocycles. The van der Waals surface area contributed by atoms with E-state index in [-0.39, 0.29) is 22.5 Å². The lowest BCUT2D eigenvalue weighted by molar-refractivity contribution is -0.116. The summed E-state index contributed by atoms with van der Waals surface area (Å²) in [6.45, 7) is 3.27. The van der Waals surface area contributed by atoms with Crippen molar-refractivity contribution in [3.63, 3.8) is 0 Å². The molecule has 1 aliphatic rings. The summed E-state index contributed by atoms with van der Waals surface area (Å²) in [6, 6.07) is 8.34. The van der Waals surface area contributed by atoms with Gasteiger partial charge in [-0.2, -0.15) is 0 Å². The van der Waals surface area contributed by atoms with Gasteiger partial charge in [-0.1, -0.05) is 22.0 Å². The van der Waals surface area contributed by atoms with Crippen LogP contribution in [-0.4, -0.2) is 20.4 Å². The fourth-order valence-electron chi connectivity index (χ4n) is 3.12. The lowest BCUT2D eigenvalue weighted by Crippen LogP contribution is -2.34. The lowest BCUT2D eigenvalue weighted by atomic mass is 10.1. The van der Waals surface area contributed by atoms with Gasteiger partial charge in [0.1, 0.15) is 10.7 Å². The smallest absolute Gasteiger partial charge is 0.264 e. The van der Waals surface area contributed by atoms with Crippen LogP contribution in [0.1, 0.15) is 19.4 Å². The van der Waals surface area contributed by atoms with Crippen LogP contribution in [0.4, 0.5) is 15.8 Å². The van der Waals surface area contributed by atoms with Crippen LogP contribution in [0.3, 0.4) is 0 Å². The van der Waals surface area contributed by atoms with Gasteiger partial charge >= 0.3 is 0 Å². The molecule has 2 aromatic rings. The van der Waals surface area contributed by atoms with Crippen molar-refractivity contribution >= 4 is 43.2 Å². The van der Waals surface area contributed by atoms with Gasteiger partial charge in [-0.15, -0.1) is 0 Å². The molecule has 0 saturated heterocycles. The van der Waals surface area contributed by atoms with Crippen molar-refractivity contribution in [2.75, 3.05) is 9.62 Å². The number of nitrogens with one attached hydrogen (secondary N) is 1. The number of carbonyl (C=O) groups excluding carboxylic acids is 1. The molecule has 25 heavy (non-hydrogen) atoms. The molecule has 0 unspecified atom stereocenters. The number of sulfonamides is 1. The summed E-state index contributed by atoms with van der Waals surface area (Å²) < 4.78 is 42.1. The molecule has 0 saturated carbocycles. The Morgan fingerprint density at radius 3 is 2.68 bits per heavy atom. The Kier molecular flexibility index (Phi) is 4.59. The fraction of sp³-hybridized carbons (Fsp3) is 0.235. The fourth-order valence-corrected chi connectivity index (χ4v) is 5.09. The molecular weight excluding hydrogens is 411 g/mol. The van der Waals surface area contributed by atoms with Crippen molar-refractivity contribution < 1.29 is 17.6 Å². The number of anilines is 2. The monoisotopic (exact) mass is 426 g/mol. The Morgan fingerprint density at radius 1 is 1.32 bits per heavy atom. The van der Waals surface area contributed by atoms with E-state index in [0.717, 1.165) is 11.6 Å². The summed E-state index contributed by atoms with van der Waals surface area (Å²) >= 11 is 3.33. The maximum Gasteiger partial charge on any atom is 0.264 e. The van der Waals surface area contributed by atoms with Crippen LogP contribution in [0.5, 0.6) is 0 Å². The number of carbonyl (C=O) groups is 1. The first-order chi connectivity index (χ1) is 11.7. The first kappa shape index (κ1) is 17.9. The van der Waals surface area contributed by atoms with Crippen molar-refractivity contribution in [3.05, 3.63) is 52.3 Å². The van der Waals surface area contributed by atoms with E-state index in [2.05, 4.69) is 20.7 Å². The average molecular weight is 427 g/mol. The topological polar surface area (TPSA) is 66.5 Å². The maximum absolute atomic E-state index is 13.4. The molecule has 5 nitrogen and oxygen atoms in total. The maximum atomic E-state index is 13.4. The van der Waals surface area contributed by atoms with E-state index in [1.807, 2.05) is 13.0 Å². The van der Waals surface area contributed by atoms with Gasteiger partial charge in [-0.25, -0.2) is 12.8 Å². The van der Waals surface area contributed by atoms with Crippen LogP contribution in [0, 0.1) is 5.82 Å². The molecule has 1 N–H and O–H groups in total. The highest BCUT2D eigenvalue weighted by Gasteiger charge is 2.35. The van der Waals surface area contributed by atoms with E-state index < -0.39 is 15.8 Å². The van der Waals surface area contributed by atoms with E-state index >= 15 is 0 Å². The number of amides is 1. The van der Waals surface area contributed by atoms with E-state index in [4.69, 9.17) is 0 Å². The van der Waals surface area contributed by atoms with Crippen LogP contribution in [0.2, 0.25) is 0 Å². The number of hydrogen-bond acceptors (Lipinski definition) is 3. The van der Waals surface area contributed by atoms with Crippen LogP contribution < -0.4 is 9.62 Å². The third-order valence-electron chi connectivity index (χ3n) is 4.02. The number of nitrogens with zero attached hydrogens (tertiary/aromatic N) is 1. The van der Waals surface area contributed by atoms with Gasteiger partial charge in [0, 0.05) is 17.4 Å². The summed E-state index contributed by atoms with van der Waals surface area (Å²) in [5.41, 5.74) is 1.28. The Hall–Kier alpha value is -1.93. The number of benzene rings is 2. The highest BCUT2D eigenvalue weighted by molar-refractivity contribution is 9.10. The summed E-state index contributed by atoms with van der Waals surface area (Å²) in [5.74, 6) is -0.769. The summed E-state index contributed by atoms with van der Waals surface area (Å²) in [4.78, 5) is 13.5. The Bertz CT molecular complexity index is 962. The minimum absolute atomic E-state index is 0.0133. The summed E-state index contributed by atoms with van der Waals surface area (Å²) in [7, 11) is -4.01. The lowest BCUT2D eigenvalue weighted by Gasteiger charge is -2.23. The number of fused-ring (bicyclic) bond motifs is 1. The van der Waals surface area contributed by atoms with Gasteiger partial charge < -0.3 is 4.90 Å². The zero-order valence-corrected chi connectivity index (χ0v) is 16.0. The van der Waals surface area contributed by atoms with Gasteiger partial charge in [0.05, 0.1) is 11.4 Å². The Balaban J connectivity index is 2.13. The molecule has 1 amide bonds. The van der Waals surface area contributed by atoms with Crippen LogP contribution in [0.25, 0.3) is 0 Å². The zero-order valence-electron chi connectivity index (χ0n) is 13.6. The van der Waals surface area contributed by atoms with Crippen LogP contribution in [0.15, 0.2) is 45.8 Å². The molecule has 1 atom stereocenters. The molecule has 0 aromatic heterocycles. The number of halogens is 2. The van der Waals surface area contributed by atoms with Crippen LogP contribution >= 0.6 is 15.9 Å². The normalized spacial score (nSPS) is 16.6. The second-order valence-corrected chi connectivity index (χ2v) is 8.54. The molecule has 3 rings (SSSR count). The third-order valence-corrected chi connectivity index (χ3v) is 5.87. The van der Waals surface area contributed by atoms with Crippen molar-refractivity contribution in [2.24, 2.45) is 0 Å². The van der Waals surface area contributed by atoms with Crippen molar-refractivity contribution in [2.45, 2.75) is 31.2 Å². The highest BCUT2D eigenvalue weighted by atomic mass is 79.9. The quantitative estimate of drug-likeness (QED) is 0.813. The standard InChI is InChI=1S/C17H16BrFN2O3S/c1-10-6-12-7-13(18)8-16(17(12)21(10)11(2)22)25(23,24)20-15-5-3-4-14(19)9-15/h3-5,7-10,20H,6H2,1-2H3/t10-/m0/s1. The molecule has 0 radical (unpaired) electrons. The second kappa shape index (κ2) is 6.42. The van der Waals surface area contributed by atoms with Crippen LogP contribution in [-0.2, 0) is 21.2 Å². The zero-order chi connectivity index (χ0) is 18.4. The number of rotatable bonds is 3. The van der Waals surface area contributed by atoms with Crippen molar-refractivity contribution in [3.8, 4) is 0 Å². The van der Waals surface area contributed by atoms with E-state index in [9.17, 15) is 17.6 Å². The summed E-state index contributed by atoms with van der Waals surface area (Å²) in [5, 5.41) is 0. The SMILES string of the molecule is CC(=O)N1c2c(cc(Br)cc2S(=O)(=O)Nc2cccc(F)c2)C[C@@H]1C. The number of hydrogen-bond donors (Lipinski definition) is 1. The Labute approximate surface area is 154 Å². The average Bonchev–Trinajstić information content (AvgIpc) is 2.81. The highest BCUT2D eigenvalue weighted by Crippen LogP contribution is 2.40. The minimum atomic E-state index is -4.01. The van der Waals surface area contributed by atoms with Gasteiger partial charge in [0.2, 0.25) is 5.91 Å². The molecular formula is C17H16BrFN2O3S. The second-order valence-electron chi connectivity index (χ2n) is 5.97. The molecule has 0 bridgehead atoms. The summed E-state index contributed by atoms with van der Waals surface area (Å²) in [6.07, 6.45) is 0.566. The molecule has 0 spiro atoms. The molecule has 1 heterocycles.